The van der Waals surface area contributed by atoms with Gasteiger partial charge in [0, 0.05) is 18.2 Å². The number of anilines is 1. The van der Waals surface area contributed by atoms with Crippen LogP contribution in [0.2, 0.25) is 0 Å². The molecule has 1 aliphatic carbocycles. The molecule has 0 aliphatic heterocycles. The fraction of sp³-hybridized carbons (Fsp3) is 0.300. The van der Waals surface area contributed by atoms with Gasteiger partial charge in [-0.25, -0.2) is 9.50 Å². The quantitative estimate of drug-likeness (QED) is 0.476. The highest BCUT2D eigenvalue weighted by Crippen LogP contribution is 2.30. The molecule has 2 amide bonds. The average molecular weight is 437 g/mol. The zero-order valence-corrected chi connectivity index (χ0v) is 17.8. The Balaban J connectivity index is 1.39. The van der Waals surface area contributed by atoms with Crippen LogP contribution in [0.3, 0.4) is 0 Å². The number of hydrogen-bond donors (Lipinski definition) is 2. The summed E-state index contributed by atoms with van der Waals surface area (Å²) >= 11 is 1.32. The molecule has 11 heteroatoms. The lowest BCUT2D eigenvalue weighted by molar-refractivity contribution is -0.117. The standard InChI is InChI=1S/C20H20N8O2S/c1-11(2)21-19(30)13-5-6-16-24-25-20(27(16)9-13)31-17-8-7-15-22-14(10-28(15)26-17)23-18(29)12-3-4-12/h5-12H,3-4H2,1-2H3,(H,21,30)(H,23,29). The van der Waals surface area contributed by atoms with Gasteiger partial charge in [-0.1, -0.05) is 0 Å². The molecule has 4 aromatic rings. The SMILES string of the molecule is CC(C)NC(=O)c1ccc2nnc(Sc3ccc4nc(NC(=O)C5CC5)cn4n3)n2c1. The molecule has 31 heavy (non-hydrogen) atoms. The van der Waals surface area contributed by atoms with Crippen LogP contribution < -0.4 is 10.6 Å². The molecular weight excluding hydrogens is 416 g/mol. The van der Waals surface area contributed by atoms with Crippen LogP contribution in [0.1, 0.15) is 37.0 Å². The van der Waals surface area contributed by atoms with Crippen molar-refractivity contribution in [3.63, 3.8) is 0 Å². The van der Waals surface area contributed by atoms with Crippen molar-refractivity contribution in [1.82, 2.24) is 34.5 Å². The molecule has 4 heterocycles. The number of pyridine rings is 1. The van der Waals surface area contributed by atoms with E-state index in [4.69, 9.17) is 0 Å². The van der Waals surface area contributed by atoms with Crippen LogP contribution in [-0.4, -0.2) is 47.1 Å². The van der Waals surface area contributed by atoms with E-state index < -0.39 is 0 Å². The van der Waals surface area contributed by atoms with Gasteiger partial charge >= 0.3 is 0 Å². The van der Waals surface area contributed by atoms with Crippen molar-refractivity contribution < 1.29 is 9.59 Å². The summed E-state index contributed by atoms with van der Waals surface area (Å²) in [5.41, 5.74) is 1.79. The van der Waals surface area contributed by atoms with Gasteiger partial charge in [0.15, 0.2) is 17.1 Å². The summed E-state index contributed by atoms with van der Waals surface area (Å²) in [6.45, 7) is 3.83. The van der Waals surface area contributed by atoms with Crippen LogP contribution in [-0.2, 0) is 4.79 Å². The molecule has 1 saturated carbocycles. The van der Waals surface area contributed by atoms with Gasteiger partial charge in [-0.15, -0.1) is 10.2 Å². The lowest BCUT2D eigenvalue weighted by Crippen LogP contribution is -2.30. The van der Waals surface area contributed by atoms with Gasteiger partial charge in [0.05, 0.1) is 11.8 Å². The Morgan fingerprint density at radius 2 is 1.90 bits per heavy atom. The summed E-state index contributed by atoms with van der Waals surface area (Å²) < 4.78 is 3.39. The minimum Gasteiger partial charge on any atom is -0.350 e. The van der Waals surface area contributed by atoms with Gasteiger partial charge in [-0.2, -0.15) is 5.10 Å². The molecule has 1 fully saturated rings. The summed E-state index contributed by atoms with van der Waals surface area (Å²) in [5.74, 6) is 0.448. The molecule has 10 nitrogen and oxygen atoms in total. The number of aromatic nitrogens is 6. The van der Waals surface area contributed by atoms with Gasteiger partial charge in [0.1, 0.15) is 5.03 Å². The minimum atomic E-state index is -0.153. The number of rotatable bonds is 6. The Kier molecular flexibility index (Phi) is 4.81. The Morgan fingerprint density at radius 3 is 2.68 bits per heavy atom. The lowest BCUT2D eigenvalue weighted by atomic mass is 10.2. The van der Waals surface area contributed by atoms with Gasteiger partial charge in [0.2, 0.25) is 11.1 Å². The molecule has 1 aliphatic rings. The van der Waals surface area contributed by atoms with E-state index in [1.54, 1.807) is 33.4 Å². The van der Waals surface area contributed by atoms with Crippen LogP contribution in [0, 0.1) is 5.92 Å². The van der Waals surface area contributed by atoms with Gasteiger partial charge in [-0.3, -0.25) is 14.0 Å². The Labute approximate surface area is 181 Å². The topological polar surface area (TPSA) is 119 Å². The Hall–Kier alpha value is -3.47. The molecule has 0 bridgehead atoms. The smallest absolute Gasteiger partial charge is 0.252 e. The van der Waals surface area contributed by atoms with Crippen molar-refractivity contribution in [3.8, 4) is 0 Å². The molecule has 0 radical (unpaired) electrons. The highest BCUT2D eigenvalue weighted by molar-refractivity contribution is 7.99. The first-order valence-corrected chi connectivity index (χ1v) is 10.8. The van der Waals surface area contributed by atoms with E-state index in [2.05, 4.69) is 30.9 Å². The van der Waals surface area contributed by atoms with Crippen LogP contribution in [0.4, 0.5) is 5.82 Å². The minimum absolute atomic E-state index is 0.00485. The number of nitrogens with zero attached hydrogens (tertiary/aromatic N) is 6. The van der Waals surface area contributed by atoms with Crippen molar-refractivity contribution >= 4 is 40.7 Å². The first-order valence-electron chi connectivity index (χ1n) is 9.97. The highest BCUT2D eigenvalue weighted by atomic mass is 32.2. The molecule has 4 aromatic heterocycles. The largest absolute Gasteiger partial charge is 0.350 e. The summed E-state index contributed by atoms with van der Waals surface area (Å²) in [6, 6.07) is 7.18. The molecule has 0 atom stereocenters. The van der Waals surface area contributed by atoms with E-state index >= 15 is 0 Å². The number of amides is 2. The van der Waals surface area contributed by atoms with Crippen LogP contribution in [0.15, 0.2) is 46.8 Å². The zero-order valence-electron chi connectivity index (χ0n) is 16.9. The predicted molar refractivity (Wildman–Crippen MR) is 114 cm³/mol. The fourth-order valence-electron chi connectivity index (χ4n) is 3.07. The maximum absolute atomic E-state index is 12.3. The number of imidazole rings is 1. The second-order valence-electron chi connectivity index (χ2n) is 7.72. The second kappa shape index (κ2) is 7.65. The third-order valence-electron chi connectivity index (χ3n) is 4.74. The van der Waals surface area contributed by atoms with E-state index in [0.29, 0.717) is 32.9 Å². The Morgan fingerprint density at radius 1 is 1.10 bits per heavy atom. The molecular formula is C20H20N8O2S. The van der Waals surface area contributed by atoms with Gasteiger partial charge < -0.3 is 10.6 Å². The molecule has 5 rings (SSSR count). The molecule has 0 saturated heterocycles. The predicted octanol–water partition coefficient (Wildman–Crippen LogP) is 2.41. The maximum Gasteiger partial charge on any atom is 0.252 e. The average Bonchev–Trinajstić information content (AvgIpc) is 3.41. The number of carbonyl (C=O) groups is 2. The summed E-state index contributed by atoms with van der Waals surface area (Å²) in [7, 11) is 0. The zero-order chi connectivity index (χ0) is 21.5. The Bertz CT molecular complexity index is 1310. The summed E-state index contributed by atoms with van der Waals surface area (Å²) in [6.07, 6.45) is 5.28. The van der Waals surface area contributed by atoms with Crippen molar-refractivity contribution in [2.75, 3.05) is 5.32 Å². The number of hydrogen-bond acceptors (Lipinski definition) is 7. The van der Waals surface area contributed by atoms with Crippen molar-refractivity contribution in [3.05, 3.63) is 42.2 Å². The number of carbonyl (C=O) groups excluding carboxylic acids is 2. The van der Waals surface area contributed by atoms with Crippen LogP contribution >= 0.6 is 11.8 Å². The summed E-state index contributed by atoms with van der Waals surface area (Å²) in [4.78, 5) is 28.7. The van der Waals surface area contributed by atoms with E-state index in [1.807, 2.05) is 26.0 Å². The first-order chi connectivity index (χ1) is 15.0. The molecule has 158 valence electrons. The second-order valence-corrected chi connectivity index (χ2v) is 8.71. The van der Waals surface area contributed by atoms with Gasteiger partial charge in [-0.05, 0) is 62.7 Å². The fourth-order valence-corrected chi connectivity index (χ4v) is 3.84. The molecule has 0 aromatic carbocycles. The van der Waals surface area contributed by atoms with Gasteiger partial charge in [0.25, 0.3) is 5.91 Å². The lowest BCUT2D eigenvalue weighted by Gasteiger charge is -2.08. The molecule has 2 N–H and O–H groups in total. The molecule has 0 spiro atoms. The van der Waals surface area contributed by atoms with Crippen molar-refractivity contribution in [2.24, 2.45) is 5.92 Å². The number of nitrogens with one attached hydrogen (secondary N) is 2. The first kappa shape index (κ1) is 19.5. The number of fused-ring (bicyclic) bond motifs is 2. The summed E-state index contributed by atoms with van der Waals surface area (Å²) in [5, 5.41) is 19.9. The highest BCUT2D eigenvalue weighted by Gasteiger charge is 2.30. The van der Waals surface area contributed by atoms with E-state index in [9.17, 15) is 9.59 Å². The van der Waals surface area contributed by atoms with E-state index in [0.717, 1.165) is 12.8 Å². The molecule has 0 unspecified atom stereocenters. The normalized spacial score (nSPS) is 13.8. The third kappa shape index (κ3) is 4.08. The van der Waals surface area contributed by atoms with E-state index in [1.165, 1.54) is 11.8 Å². The van der Waals surface area contributed by atoms with E-state index in [-0.39, 0.29) is 23.8 Å². The van der Waals surface area contributed by atoms with Crippen molar-refractivity contribution in [2.45, 2.75) is 42.9 Å². The maximum atomic E-state index is 12.3. The van der Waals surface area contributed by atoms with Crippen LogP contribution in [0.5, 0.6) is 0 Å². The third-order valence-corrected chi connectivity index (χ3v) is 5.63. The van der Waals surface area contributed by atoms with Crippen LogP contribution in [0.25, 0.3) is 11.3 Å². The van der Waals surface area contributed by atoms with Crippen molar-refractivity contribution in [1.29, 1.82) is 0 Å². The monoisotopic (exact) mass is 436 g/mol.